The van der Waals surface area contributed by atoms with E-state index in [-0.39, 0.29) is 35.7 Å². The van der Waals surface area contributed by atoms with Crippen molar-refractivity contribution in [2.75, 3.05) is 13.1 Å². The number of amides is 3. The van der Waals surface area contributed by atoms with Crippen molar-refractivity contribution < 1.29 is 19.3 Å². The molecule has 0 bridgehead atoms. The summed E-state index contributed by atoms with van der Waals surface area (Å²) in [6.45, 7) is 0.534. The summed E-state index contributed by atoms with van der Waals surface area (Å²) in [7, 11) is 0. The number of non-ortho nitro benzene ring substituents is 1. The summed E-state index contributed by atoms with van der Waals surface area (Å²) < 4.78 is 0. The van der Waals surface area contributed by atoms with Crippen LogP contribution in [-0.2, 0) is 11.2 Å². The molecule has 3 rings (SSSR count). The maximum absolute atomic E-state index is 12.3. The van der Waals surface area contributed by atoms with Gasteiger partial charge in [-0.15, -0.1) is 0 Å². The maximum atomic E-state index is 12.3. The number of nitro groups is 1. The molecule has 0 saturated carbocycles. The fourth-order valence-corrected chi connectivity index (χ4v) is 2.84. The quantitative estimate of drug-likeness (QED) is 0.404. The minimum atomic E-state index is -0.617. The number of rotatable bonds is 8. The summed E-state index contributed by atoms with van der Waals surface area (Å²) in [5.74, 6) is -1.25. The number of aromatic amines is 1. The molecule has 10 heteroatoms. The Labute approximate surface area is 153 Å². The smallest absolute Gasteiger partial charge is 0.270 e. The molecule has 0 spiro atoms. The lowest BCUT2D eigenvalue weighted by molar-refractivity contribution is -0.384. The Hall–Kier alpha value is -3.56. The van der Waals surface area contributed by atoms with Crippen LogP contribution in [0.1, 0.15) is 39.3 Å². The Bertz CT molecular complexity index is 893. The van der Waals surface area contributed by atoms with E-state index in [9.17, 15) is 24.5 Å². The molecular formula is C17H17N5O5. The van der Waals surface area contributed by atoms with E-state index in [1.807, 2.05) is 0 Å². The summed E-state index contributed by atoms with van der Waals surface area (Å²) in [5, 5.41) is 13.6. The fraction of sp³-hybridized carbons (Fsp3) is 0.294. The molecule has 1 aliphatic rings. The number of H-pyrrole nitrogens is 1. The number of aromatic nitrogens is 2. The van der Waals surface area contributed by atoms with Gasteiger partial charge in [-0.05, 0) is 12.5 Å². The number of imidazole rings is 1. The largest absolute Gasteiger partial charge is 0.356 e. The third-order valence-electron chi connectivity index (χ3n) is 4.22. The van der Waals surface area contributed by atoms with E-state index < -0.39 is 16.7 Å². The van der Waals surface area contributed by atoms with Gasteiger partial charge in [0, 0.05) is 50.0 Å². The van der Waals surface area contributed by atoms with Gasteiger partial charge in [-0.2, -0.15) is 0 Å². The van der Waals surface area contributed by atoms with Crippen LogP contribution >= 0.6 is 0 Å². The topological polar surface area (TPSA) is 138 Å². The molecule has 0 radical (unpaired) electrons. The Kier molecular flexibility index (Phi) is 5.25. The standard InChI is InChI=1S/C17H17N5O5/c23-15(19-6-5-11-9-18-10-20-11)2-1-7-21-16(24)13-4-3-12(22(26)27)8-14(13)17(21)25/h3-4,8-10H,1-2,5-7H2,(H,18,20)(H,19,23). The van der Waals surface area contributed by atoms with E-state index in [1.165, 1.54) is 12.1 Å². The van der Waals surface area contributed by atoms with Gasteiger partial charge in [-0.1, -0.05) is 0 Å². The summed E-state index contributed by atoms with van der Waals surface area (Å²) in [6, 6.07) is 3.59. The molecule has 0 fully saturated rings. The first kappa shape index (κ1) is 18.2. The van der Waals surface area contributed by atoms with Crippen LogP contribution < -0.4 is 5.32 Å². The molecule has 10 nitrogen and oxygen atoms in total. The van der Waals surface area contributed by atoms with Crippen LogP contribution in [0.2, 0.25) is 0 Å². The first-order valence-corrected chi connectivity index (χ1v) is 8.36. The van der Waals surface area contributed by atoms with Gasteiger partial charge in [-0.3, -0.25) is 29.4 Å². The van der Waals surface area contributed by atoms with E-state index in [0.717, 1.165) is 16.7 Å². The lowest BCUT2D eigenvalue weighted by Gasteiger charge is -2.13. The van der Waals surface area contributed by atoms with Crippen LogP contribution in [0.15, 0.2) is 30.7 Å². The minimum Gasteiger partial charge on any atom is -0.356 e. The van der Waals surface area contributed by atoms with E-state index in [1.54, 1.807) is 12.5 Å². The fourth-order valence-electron chi connectivity index (χ4n) is 2.84. The molecule has 0 saturated heterocycles. The van der Waals surface area contributed by atoms with Gasteiger partial charge in [0.2, 0.25) is 5.91 Å². The number of benzene rings is 1. The second-order valence-corrected chi connectivity index (χ2v) is 6.03. The summed E-state index contributed by atoms with van der Waals surface area (Å²) in [6.07, 6.45) is 4.34. The Balaban J connectivity index is 1.48. The van der Waals surface area contributed by atoms with Crippen molar-refractivity contribution in [1.82, 2.24) is 20.2 Å². The highest BCUT2D eigenvalue weighted by Gasteiger charge is 2.36. The number of hydrogen-bond donors (Lipinski definition) is 2. The van der Waals surface area contributed by atoms with E-state index in [2.05, 4.69) is 15.3 Å². The molecule has 140 valence electrons. The summed E-state index contributed by atoms with van der Waals surface area (Å²) >= 11 is 0. The molecule has 0 unspecified atom stereocenters. The van der Waals surface area contributed by atoms with Crippen LogP contribution in [0, 0.1) is 10.1 Å². The van der Waals surface area contributed by atoms with Crippen LogP contribution in [0.3, 0.4) is 0 Å². The van der Waals surface area contributed by atoms with Gasteiger partial charge < -0.3 is 10.3 Å². The van der Waals surface area contributed by atoms with Crippen LogP contribution in [0.25, 0.3) is 0 Å². The lowest BCUT2D eigenvalue weighted by Crippen LogP contribution is -2.32. The number of nitrogens with one attached hydrogen (secondary N) is 2. The third kappa shape index (κ3) is 4.00. The van der Waals surface area contributed by atoms with Crippen molar-refractivity contribution >= 4 is 23.4 Å². The number of hydrogen-bond acceptors (Lipinski definition) is 6. The molecule has 1 aromatic heterocycles. The Morgan fingerprint density at radius 3 is 2.74 bits per heavy atom. The van der Waals surface area contributed by atoms with Crippen molar-refractivity contribution in [3.8, 4) is 0 Å². The lowest BCUT2D eigenvalue weighted by atomic mass is 10.1. The second-order valence-electron chi connectivity index (χ2n) is 6.03. The molecule has 2 heterocycles. The Morgan fingerprint density at radius 1 is 1.26 bits per heavy atom. The number of carbonyl (C=O) groups excluding carboxylic acids is 3. The first-order valence-electron chi connectivity index (χ1n) is 8.36. The summed E-state index contributed by atoms with van der Waals surface area (Å²) in [4.78, 5) is 54.5. The maximum Gasteiger partial charge on any atom is 0.270 e. The number of fused-ring (bicyclic) bond motifs is 1. The van der Waals surface area contributed by atoms with Crippen LogP contribution in [0.5, 0.6) is 0 Å². The van der Waals surface area contributed by atoms with E-state index in [4.69, 9.17) is 0 Å². The average molecular weight is 371 g/mol. The molecule has 0 atom stereocenters. The highest BCUT2D eigenvalue weighted by Crippen LogP contribution is 2.26. The van der Waals surface area contributed by atoms with Crippen molar-refractivity contribution in [3.63, 3.8) is 0 Å². The number of nitrogens with zero attached hydrogens (tertiary/aromatic N) is 3. The minimum absolute atomic E-state index is 0.0261. The van der Waals surface area contributed by atoms with Gasteiger partial charge in [0.1, 0.15) is 0 Å². The van der Waals surface area contributed by atoms with Crippen molar-refractivity contribution in [2.24, 2.45) is 0 Å². The predicted molar refractivity (Wildman–Crippen MR) is 93.0 cm³/mol. The third-order valence-corrected chi connectivity index (χ3v) is 4.22. The number of imide groups is 1. The Morgan fingerprint density at radius 2 is 2.04 bits per heavy atom. The molecule has 2 N–H and O–H groups in total. The first-order chi connectivity index (χ1) is 13.0. The zero-order chi connectivity index (χ0) is 19.4. The second kappa shape index (κ2) is 7.77. The molecule has 27 heavy (non-hydrogen) atoms. The zero-order valence-electron chi connectivity index (χ0n) is 14.3. The zero-order valence-corrected chi connectivity index (χ0v) is 14.3. The van der Waals surface area contributed by atoms with Gasteiger partial charge in [0.15, 0.2) is 0 Å². The normalized spacial score (nSPS) is 13.0. The van der Waals surface area contributed by atoms with E-state index >= 15 is 0 Å². The van der Waals surface area contributed by atoms with Crippen LogP contribution in [-0.4, -0.2) is 50.6 Å². The van der Waals surface area contributed by atoms with Gasteiger partial charge in [0.05, 0.1) is 22.4 Å². The van der Waals surface area contributed by atoms with Gasteiger partial charge in [-0.25, -0.2) is 4.98 Å². The molecular weight excluding hydrogens is 354 g/mol. The predicted octanol–water partition coefficient (Wildman–Crippen LogP) is 1.05. The van der Waals surface area contributed by atoms with E-state index in [0.29, 0.717) is 19.4 Å². The molecule has 0 aliphatic carbocycles. The number of carbonyl (C=O) groups is 3. The monoisotopic (exact) mass is 371 g/mol. The SMILES string of the molecule is O=C(CCCN1C(=O)c2ccc([N+](=O)[O-])cc2C1=O)NCCc1cnc[nH]1. The molecule has 2 aromatic rings. The molecule has 3 amide bonds. The van der Waals surface area contributed by atoms with Gasteiger partial charge in [0.25, 0.3) is 17.5 Å². The molecule has 1 aliphatic heterocycles. The van der Waals surface area contributed by atoms with Crippen molar-refractivity contribution in [3.05, 3.63) is 57.7 Å². The summed E-state index contributed by atoms with van der Waals surface area (Å²) in [5.41, 5.74) is 0.844. The highest BCUT2D eigenvalue weighted by atomic mass is 16.6. The highest BCUT2D eigenvalue weighted by molar-refractivity contribution is 6.21. The van der Waals surface area contributed by atoms with Crippen LogP contribution in [0.4, 0.5) is 5.69 Å². The van der Waals surface area contributed by atoms with Crippen molar-refractivity contribution in [1.29, 1.82) is 0 Å². The molecule has 1 aromatic carbocycles. The average Bonchev–Trinajstić information content (AvgIpc) is 3.24. The number of nitro benzene ring substituents is 1. The van der Waals surface area contributed by atoms with Gasteiger partial charge >= 0.3 is 0 Å². The van der Waals surface area contributed by atoms with Crippen molar-refractivity contribution in [2.45, 2.75) is 19.3 Å².